The minimum absolute atomic E-state index is 0.461. The molecule has 0 amide bonds. The SMILES string of the molecule is CCC1CCN(c2cc(C)ccn2)C(CN)C1. The van der Waals surface area contributed by atoms with E-state index in [1.807, 2.05) is 12.3 Å². The van der Waals surface area contributed by atoms with Crippen LogP contribution >= 0.6 is 0 Å². The van der Waals surface area contributed by atoms with E-state index in [-0.39, 0.29) is 0 Å². The summed E-state index contributed by atoms with van der Waals surface area (Å²) in [6, 6.07) is 4.66. The van der Waals surface area contributed by atoms with E-state index in [0.717, 1.165) is 24.8 Å². The molecule has 2 rings (SSSR count). The molecular formula is C14H23N3. The van der Waals surface area contributed by atoms with E-state index in [2.05, 4.69) is 29.8 Å². The van der Waals surface area contributed by atoms with Crippen LogP contribution in [0.15, 0.2) is 18.3 Å². The molecule has 0 saturated carbocycles. The van der Waals surface area contributed by atoms with Crippen molar-refractivity contribution in [2.75, 3.05) is 18.0 Å². The first-order chi connectivity index (χ1) is 8.24. The molecule has 1 aromatic rings. The van der Waals surface area contributed by atoms with Gasteiger partial charge in [-0.2, -0.15) is 0 Å². The van der Waals surface area contributed by atoms with Gasteiger partial charge in [0.1, 0.15) is 5.82 Å². The Bertz CT molecular complexity index is 364. The number of nitrogens with two attached hydrogens (primary N) is 1. The molecule has 0 radical (unpaired) electrons. The first kappa shape index (κ1) is 12.4. The standard InChI is InChI=1S/C14H23N3/c1-3-12-5-7-17(13(9-12)10-15)14-8-11(2)4-6-16-14/h4,6,8,12-13H,3,5,7,9-10,15H2,1-2H3. The zero-order chi connectivity index (χ0) is 12.3. The molecule has 0 aliphatic carbocycles. The maximum absolute atomic E-state index is 5.92. The molecule has 2 N–H and O–H groups in total. The second kappa shape index (κ2) is 5.50. The first-order valence-corrected chi connectivity index (χ1v) is 6.64. The maximum Gasteiger partial charge on any atom is 0.129 e. The summed E-state index contributed by atoms with van der Waals surface area (Å²) in [6.45, 7) is 6.21. The van der Waals surface area contributed by atoms with Crippen molar-refractivity contribution in [1.29, 1.82) is 0 Å². The van der Waals surface area contributed by atoms with E-state index >= 15 is 0 Å². The minimum atomic E-state index is 0.461. The fourth-order valence-electron chi connectivity index (χ4n) is 2.71. The summed E-state index contributed by atoms with van der Waals surface area (Å²) in [5.74, 6) is 1.93. The predicted molar refractivity (Wildman–Crippen MR) is 72.2 cm³/mol. The normalized spacial score (nSPS) is 25.0. The van der Waals surface area contributed by atoms with Gasteiger partial charge in [0, 0.05) is 25.3 Å². The summed E-state index contributed by atoms with van der Waals surface area (Å²) >= 11 is 0. The number of aromatic nitrogens is 1. The molecule has 1 aliphatic rings. The van der Waals surface area contributed by atoms with Crippen molar-refractivity contribution in [3.8, 4) is 0 Å². The largest absolute Gasteiger partial charge is 0.352 e. The molecule has 2 heterocycles. The fourth-order valence-corrected chi connectivity index (χ4v) is 2.71. The van der Waals surface area contributed by atoms with Crippen LogP contribution in [-0.2, 0) is 0 Å². The zero-order valence-electron chi connectivity index (χ0n) is 10.9. The Morgan fingerprint density at radius 1 is 1.53 bits per heavy atom. The highest BCUT2D eigenvalue weighted by Gasteiger charge is 2.27. The summed E-state index contributed by atoms with van der Waals surface area (Å²) in [5, 5.41) is 0. The van der Waals surface area contributed by atoms with Crippen LogP contribution in [0, 0.1) is 12.8 Å². The first-order valence-electron chi connectivity index (χ1n) is 6.64. The van der Waals surface area contributed by atoms with Crippen LogP contribution in [0.4, 0.5) is 5.82 Å². The van der Waals surface area contributed by atoms with Gasteiger partial charge in [-0.3, -0.25) is 0 Å². The predicted octanol–water partition coefficient (Wildman–Crippen LogP) is 2.34. The van der Waals surface area contributed by atoms with Crippen LogP contribution in [0.5, 0.6) is 0 Å². The summed E-state index contributed by atoms with van der Waals surface area (Å²) in [7, 11) is 0. The molecule has 1 aliphatic heterocycles. The van der Waals surface area contributed by atoms with E-state index in [9.17, 15) is 0 Å². The van der Waals surface area contributed by atoms with Gasteiger partial charge >= 0.3 is 0 Å². The van der Waals surface area contributed by atoms with E-state index in [4.69, 9.17) is 5.73 Å². The Hall–Kier alpha value is -1.09. The lowest BCUT2D eigenvalue weighted by Gasteiger charge is -2.39. The lowest BCUT2D eigenvalue weighted by Crippen LogP contribution is -2.47. The van der Waals surface area contributed by atoms with E-state index in [1.54, 1.807) is 0 Å². The van der Waals surface area contributed by atoms with Gasteiger partial charge in [0.25, 0.3) is 0 Å². The summed E-state index contributed by atoms with van der Waals surface area (Å²) in [4.78, 5) is 6.87. The van der Waals surface area contributed by atoms with Crippen molar-refractivity contribution in [3.05, 3.63) is 23.9 Å². The molecule has 0 spiro atoms. The number of pyridine rings is 1. The highest BCUT2D eigenvalue weighted by Crippen LogP contribution is 2.28. The lowest BCUT2D eigenvalue weighted by atomic mass is 9.89. The summed E-state index contributed by atoms with van der Waals surface area (Å²) in [6.07, 6.45) is 5.64. The second-order valence-electron chi connectivity index (χ2n) is 5.07. The third-order valence-electron chi connectivity index (χ3n) is 3.87. The molecule has 17 heavy (non-hydrogen) atoms. The van der Waals surface area contributed by atoms with E-state index in [0.29, 0.717) is 6.04 Å². The summed E-state index contributed by atoms with van der Waals surface area (Å²) < 4.78 is 0. The molecule has 1 saturated heterocycles. The number of aryl methyl sites for hydroxylation is 1. The lowest BCUT2D eigenvalue weighted by molar-refractivity contribution is 0.334. The third-order valence-corrected chi connectivity index (χ3v) is 3.87. The van der Waals surface area contributed by atoms with E-state index in [1.165, 1.54) is 24.8 Å². The molecule has 0 bridgehead atoms. The van der Waals surface area contributed by atoms with Gasteiger partial charge in [-0.15, -0.1) is 0 Å². The third kappa shape index (κ3) is 2.78. The van der Waals surface area contributed by atoms with Crippen molar-refractivity contribution in [1.82, 2.24) is 4.98 Å². The minimum Gasteiger partial charge on any atom is -0.352 e. The molecule has 1 aromatic heterocycles. The smallest absolute Gasteiger partial charge is 0.129 e. The average Bonchev–Trinajstić information content (AvgIpc) is 2.38. The van der Waals surface area contributed by atoms with Crippen molar-refractivity contribution >= 4 is 5.82 Å². The fraction of sp³-hybridized carbons (Fsp3) is 0.643. The highest BCUT2D eigenvalue weighted by atomic mass is 15.2. The molecule has 94 valence electrons. The van der Waals surface area contributed by atoms with Gasteiger partial charge in [-0.05, 0) is 43.4 Å². The van der Waals surface area contributed by atoms with Crippen LogP contribution in [0.3, 0.4) is 0 Å². The number of piperidine rings is 1. The van der Waals surface area contributed by atoms with Crippen molar-refractivity contribution in [3.63, 3.8) is 0 Å². The Labute approximate surface area is 104 Å². The summed E-state index contributed by atoms with van der Waals surface area (Å²) in [5.41, 5.74) is 7.18. The molecular weight excluding hydrogens is 210 g/mol. The van der Waals surface area contributed by atoms with Crippen LogP contribution in [-0.4, -0.2) is 24.1 Å². The molecule has 3 nitrogen and oxygen atoms in total. The Morgan fingerprint density at radius 3 is 3.00 bits per heavy atom. The molecule has 3 heteroatoms. The number of nitrogens with zero attached hydrogens (tertiary/aromatic N) is 2. The van der Waals surface area contributed by atoms with Gasteiger partial charge in [-0.1, -0.05) is 13.3 Å². The molecule has 1 fully saturated rings. The maximum atomic E-state index is 5.92. The number of rotatable bonds is 3. The topological polar surface area (TPSA) is 42.2 Å². The number of anilines is 1. The van der Waals surface area contributed by atoms with Crippen LogP contribution in [0.25, 0.3) is 0 Å². The van der Waals surface area contributed by atoms with Gasteiger partial charge < -0.3 is 10.6 Å². The van der Waals surface area contributed by atoms with Crippen LogP contribution in [0.1, 0.15) is 31.7 Å². The molecule has 0 aromatic carbocycles. The van der Waals surface area contributed by atoms with Gasteiger partial charge in [0.05, 0.1) is 0 Å². The number of hydrogen-bond donors (Lipinski definition) is 1. The average molecular weight is 233 g/mol. The Kier molecular flexibility index (Phi) is 4.00. The quantitative estimate of drug-likeness (QED) is 0.871. The molecule has 2 atom stereocenters. The van der Waals surface area contributed by atoms with Gasteiger partial charge in [-0.25, -0.2) is 4.98 Å². The van der Waals surface area contributed by atoms with Crippen molar-refractivity contribution in [2.45, 2.75) is 39.2 Å². The van der Waals surface area contributed by atoms with Crippen molar-refractivity contribution < 1.29 is 0 Å². The Morgan fingerprint density at radius 2 is 2.35 bits per heavy atom. The molecule has 2 unspecified atom stereocenters. The van der Waals surface area contributed by atoms with Crippen molar-refractivity contribution in [2.24, 2.45) is 11.7 Å². The van der Waals surface area contributed by atoms with Crippen LogP contribution < -0.4 is 10.6 Å². The zero-order valence-corrected chi connectivity index (χ0v) is 10.9. The van der Waals surface area contributed by atoms with Crippen LogP contribution in [0.2, 0.25) is 0 Å². The van der Waals surface area contributed by atoms with Gasteiger partial charge in [0.2, 0.25) is 0 Å². The van der Waals surface area contributed by atoms with E-state index < -0.39 is 0 Å². The Balaban J connectivity index is 2.15. The second-order valence-corrected chi connectivity index (χ2v) is 5.07. The highest BCUT2D eigenvalue weighted by molar-refractivity contribution is 5.42. The number of hydrogen-bond acceptors (Lipinski definition) is 3. The monoisotopic (exact) mass is 233 g/mol. The van der Waals surface area contributed by atoms with Gasteiger partial charge in [0.15, 0.2) is 0 Å².